The van der Waals surface area contributed by atoms with Crippen LogP contribution in [0.3, 0.4) is 0 Å². The Bertz CT molecular complexity index is 565. The van der Waals surface area contributed by atoms with Crippen LogP contribution in [-0.4, -0.2) is 56.4 Å². The fourth-order valence-electron chi connectivity index (χ4n) is 3.39. The molecule has 0 unspecified atom stereocenters. The molecule has 5 nitrogen and oxygen atoms in total. The van der Waals surface area contributed by atoms with Gasteiger partial charge in [0.15, 0.2) is 0 Å². The minimum Gasteiger partial charge on any atom is -0.495 e. The first kappa shape index (κ1) is 15.6. The van der Waals surface area contributed by atoms with Crippen LogP contribution in [0.25, 0.3) is 0 Å². The van der Waals surface area contributed by atoms with Gasteiger partial charge in [0.2, 0.25) is 0 Å². The molecule has 0 bridgehead atoms. The number of methoxy groups -OCH3 is 2. The Balaban J connectivity index is 1.81. The molecule has 0 spiro atoms. The fourth-order valence-corrected chi connectivity index (χ4v) is 3.64. The van der Waals surface area contributed by atoms with Crippen molar-refractivity contribution in [3.05, 3.63) is 28.8 Å². The lowest BCUT2D eigenvalue weighted by Crippen LogP contribution is -2.53. The van der Waals surface area contributed by atoms with Crippen LogP contribution in [0, 0.1) is 0 Å². The maximum Gasteiger partial charge on any atom is 0.254 e. The number of amides is 1. The van der Waals surface area contributed by atoms with Gasteiger partial charge in [-0.05, 0) is 31.0 Å². The smallest absolute Gasteiger partial charge is 0.254 e. The molecule has 22 heavy (non-hydrogen) atoms. The van der Waals surface area contributed by atoms with E-state index in [2.05, 4.69) is 0 Å². The number of rotatable bonds is 3. The SMILES string of the molecule is COc1ccc(C(=O)N2CCO[C@H]3[C@H](OC)CC[C@@H]32)cc1Cl. The van der Waals surface area contributed by atoms with Crippen LogP contribution in [0.5, 0.6) is 5.75 Å². The van der Waals surface area contributed by atoms with Gasteiger partial charge in [0.25, 0.3) is 5.91 Å². The van der Waals surface area contributed by atoms with E-state index < -0.39 is 0 Å². The summed E-state index contributed by atoms with van der Waals surface area (Å²) in [4.78, 5) is 14.7. The highest BCUT2D eigenvalue weighted by Gasteiger charge is 2.44. The summed E-state index contributed by atoms with van der Waals surface area (Å²) in [5, 5.41) is 0.444. The second-order valence-corrected chi connectivity index (χ2v) is 6.01. The van der Waals surface area contributed by atoms with Crippen molar-refractivity contribution in [3.63, 3.8) is 0 Å². The summed E-state index contributed by atoms with van der Waals surface area (Å²) in [6, 6.07) is 5.21. The van der Waals surface area contributed by atoms with Gasteiger partial charge in [0.1, 0.15) is 11.9 Å². The molecule has 1 heterocycles. The highest BCUT2D eigenvalue weighted by Crippen LogP contribution is 2.33. The van der Waals surface area contributed by atoms with Crippen molar-refractivity contribution >= 4 is 17.5 Å². The minimum absolute atomic E-state index is 0.0143. The summed E-state index contributed by atoms with van der Waals surface area (Å²) in [5.41, 5.74) is 0.576. The van der Waals surface area contributed by atoms with E-state index in [1.165, 1.54) is 0 Å². The number of hydrogen-bond donors (Lipinski definition) is 0. The molecule has 2 fully saturated rings. The van der Waals surface area contributed by atoms with Crippen LogP contribution in [-0.2, 0) is 9.47 Å². The molecule has 1 aliphatic heterocycles. The molecule has 1 aliphatic carbocycles. The van der Waals surface area contributed by atoms with Crippen LogP contribution in [0.4, 0.5) is 0 Å². The Kier molecular flexibility index (Phi) is 4.57. The summed E-state index contributed by atoms with van der Waals surface area (Å²) in [7, 11) is 3.25. The Morgan fingerprint density at radius 3 is 2.86 bits per heavy atom. The van der Waals surface area contributed by atoms with Gasteiger partial charge in [-0.2, -0.15) is 0 Å². The average molecular weight is 326 g/mol. The number of fused-ring (bicyclic) bond motifs is 1. The quantitative estimate of drug-likeness (QED) is 0.856. The zero-order valence-electron chi connectivity index (χ0n) is 12.8. The van der Waals surface area contributed by atoms with Gasteiger partial charge in [-0.1, -0.05) is 11.6 Å². The molecule has 1 saturated heterocycles. The molecule has 0 aromatic heterocycles. The van der Waals surface area contributed by atoms with Crippen molar-refractivity contribution in [2.75, 3.05) is 27.4 Å². The molecule has 6 heteroatoms. The van der Waals surface area contributed by atoms with Crippen molar-refractivity contribution in [1.29, 1.82) is 0 Å². The fraction of sp³-hybridized carbons (Fsp3) is 0.562. The molecule has 0 radical (unpaired) electrons. The number of hydrogen-bond acceptors (Lipinski definition) is 4. The maximum absolute atomic E-state index is 12.8. The van der Waals surface area contributed by atoms with Crippen molar-refractivity contribution in [1.82, 2.24) is 4.90 Å². The number of benzene rings is 1. The monoisotopic (exact) mass is 325 g/mol. The van der Waals surface area contributed by atoms with Crippen molar-refractivity contribution in [3.8, 4) is 5.75 Å². The van der Waals surface area contributed by atoms with Gasteiger partial charge >= 0.3 is 0 Å². The molecular formula is C16H20ClNO4. The zero-order chi connectivity index (χ0) is 15.7. The Morgan fingerprint density at radius 2 is 2.18 bits per heavy atom. The van der Waals surface area contributed by atoms with Gasteiger partial charge in [-0.25, -0.2) is 0 Å². The van der Waals surface area contributed by atoms with E-state index in [0.717, 1.165) is 12.8 Å². The van der Waals surface area contributed by atoms with E-state index >= 15 is 0 Å². The summed E-state index contributed by atoms with van der Waals surface area (Å²) in [6.07, 6.45) is 1.86. The molecule has 1 saturated carbocycles. The normalized spacial score (nSPS) is 27.6. The lowest BCUT2D eigenvalue weighted by Gasteiger charge is -2.39. The highest BCUT2D eigenvalue weighted by atomic mass is 35.5. The molecule has 2 aliphatic rings. The van der Waals surface area contributed by atoms with Crippen LogP contribution in [0.15, 0.2) is 18.2 Å². The number of ether oxygens (including phenoxy) is 3. The van der Waals surface area contributed by atoms with Gasteiger partial charge in [0, 0.05) is 19.2 Å². The van der Waals surface area contributed by atoms with Gasteiger partial charge in [-0.15, -0.1) is 0 Å². The third-order valence-electron chi connectivity index (χ3n) is 4.50. The Hall–Kier alpha value is -1.30. The zero-order valence-corrected chi connectivity index (χ0v) is 13.5. The van der Waals surface area contributed by atoms with Crippen LogP contribution in [0.2, 0.25) is 5.02 Å². The van der Waals surface area contributed by atoms with E-state index in [0.29, 0.717) is 29.5 Å². The minimum atomic E-state index is -0.0311. The lowest BCUT2D eigenvalue weighted by atomic mass is 10.1. The number of halogens is 1. The molecule has 3 atom stereocenters. The van der Waals surface area contributed by atoms with Crippen LogP contribution < -0.4 is 4.74 Å². The number of morpholine rings is 1. The van der Waals surface area contributed by atoms with Gasteiger partial charge in [0.05, 0.1) is 30.9 Å². The molecule has 3 rings (SSSR count). The summed E-state index contributed by atoms with van der Waals surface area (Å²) in [5.74, 6) is 0.554. The molecule has 1 aromatic carbocycles. The van der Waals surface area contributed by atoms with E-state index in [-0.39, 0.29) is 24.2 Å². The third-order valence-corrected chi connectivity index (χ3v) is 4.79. The lowest BCUT2D eigenvalue weighted by molar-refractivity contribution is -0.0946. The second kappa shape index (κ2) is 6.44. The predicted octanol–water partition coefficient (Wildman–Crippen LogP) is 2.37. The predicted molar refractivity (Wildman–Crippen MR) is 82.6 cm³/mol. The first-order valence-electron chi connectivity index (χ1n) is 7.44. The first-order chi connectivity index (χ1) is 10.7. The van der Waals surface area contributed by atoms with E-state index in [1.54, 1.807) is 32.4 Å². The van der Waals surface area contributed by atoms with E-state index in [9.17, 15) is 4.79 Å². The summed E-state index contributed by atoms with van der Waals surface area (Å²) < 4.78 is 16.4. The number of nitrogens with zero attached hydrogens (tertiary/aromatic N) is 1. The van der Waals surface area contributed by atoms with Gasteiger partial charge < -0.3 is 19.1 Å². The van der Waals surface area contributed by atoms with Crippen molar-refractivity contribution in [2.24, 2.45) is 0 Å². The number of carbonyl (C=O) groups is 1. The topological polar surface area (TPSA) is 48.0 Å². The second-order valence-electron chi connectivity index (χ2n) is 5.60. The maximum atomic E-state index is 12.8. The van der Waals surface area contributed by atoms with Crippen LogP contribution in [0.1, 0.15) is 23.2 Å². The highest BCUT2D eigenvalue weighted by molar-refractivity contribution is 6.32. The molecule has 120 valence electrons. The number of carbonyl (C=O) groups excluding carboxylic acids is 1. The third kappa shape index (κ3) is 2.69. The molecule has 1 aromatic rings. The first-order valence-corrected chi connectivity index (χ1v) is 7.82. The van der Waals surface area contributed by atoms with E-state index in [4.69, 9.17) is 25.8 Å². The summed E-state index contributed by atoms with van der Waals surface area (Å²) >= 11 is 6.13. The van der Waals surface area contributed by atoms with Crippen molar-refractivity contribution in [2.45, 2.75) is 31.1 Å². The molecule has 1 amide bonds. The van der Waals surface area contributed by atoms with Crippen LogP contribution >= 0.6 is 11.6 Å². The standard InChI is InChI=1S/C16H20ClNO4/c1-20-13-5-3-10(9-11(13)17)16(19)18-7-8-22-15-12(18)4-6-14(15)21-2/h3,5,9,12,14-15H,4,6-8H2,1-2H3/t12-,14+,15+/m0/s1. The Labute approximate surface area is 135 Å². The van der Waals surface area contributed by atoms with Gasteiger partial charge in [-0.3, -0.25) is 4.79 Å². The van der Waals surface area contributed by atoms with Crippen molar-refractivity contribution < 1.29 is 19.0 Å². The molecular weight excluding hydrogens is 306 g/mol. The summed E-state index contributed by atoms with van der Waals surface area (Å²) in [6.45, 7) is 1.14. The average Bonchev–Trinajstić information content (AvgIpc) is 2.97. The van der Waals surface area contributed by atoms with E-state index in [1.807, 2.05) is 4.90 Å². The largest absolute Gasteiger partial charge is 0.495 e. The molecule has 0 N–H and O–H groups in total. The Morgan fingerprint density at radius 1 is 1.36 bits per heavy atom.